The molecule has 2 aliphatic rings. The van der Waals surface area contributed by atoms with Crippen molar-refractivity contribution >= 4 is 15.7 Å². The first-order valence-electron chi connectivity index (χ1n) is 7.86. The summed E-state index contributed by atoms with van der Waals surface area (Å²) in [6.07, 6.45) is 3.84. The van der Waals surface area contributed by atoms with Gasteiger partial charge in [0.2, 0.25) is 0 Å². The average molecular weight is 350 g/mol. The molecule has 2 heterocycles. The van der Waals surface area contributed by atoms with Crippen molar-refractivity contribution in [2.75, 3.05) is 4.72 Å². The first-order chi connectivity index (χ1) is 11.4. The van der Waals surface area contributed by atoms with Gasteiger partial charge in [0.1, 0.15) is 5.69 Å². The van der Waals surface area contributed by atoms with Crippen molar-refractivity contribution < 1.29 is 22.4 Å². The lowest BCUT2D eigenvalue weighted by molar-refractivity contribution is -0.0716. The minimum absolute atomic E-state index is 0.0624. The van der Waals surface area contributed by atoms with Crippen LogP contribution in [0.25, 0.3) is 0 Å². The molecule has 1 aromatic carbocycles. The SMILES string of the molecule is Cc1noc(C)c1S(=O)(=O)Nc1ccc2c(c1)OC1(CCCC1)O2. The second-order valence-corrected chi connectivity index (χ2v) is 7.86. The topological polar surface area (TPSA) is 90.7 Å². The van der Waals surface area contributed by atoms with Crippen LogP contribution in [0.3, 0.4) is 0 Å². The van der Waals surface area contributed by atoms with Gasteiger partial charge in [0.25, 0.3) is 15.8 Å². The lowest BCUT2D eigenvalue weighted by Crippen LogP contribution is -2.34. The first-order valence-corrected chi connectivity index (χ1v) is 9.35. The zero-order valence-electron chi connectivity index (χ0n) is 13.5. The van der Waals surface area contributed by atoms with Crippen LogP contribution in [0.4, 0.5) is 5.69 Å². The number of ether oxygens (including phenoxy) is 2. The van der Waals surface area contributed by atoms with Gasteiger partial charge in [-0.25, -0.2) is 8.42 Å². The molecule has 1 aliphatic carbocycles. The first kappa shape index (κ1) is 15.3. The Balaban J connectivity index is 1.61. The van der Waals surface area contributed by atoms with Gasteiger partial charge in [0.05, 0.1) is 5.69 Å². The maximum atomic E-state index is 12.6. The van der Waals surface area contributed by atoms with Crippen LogP contribution in [0.5, 0.6) is 11.5 Å². The lowest BCUT2D eigenvalue weighted by Gasteiger charge is -2.21. The fourth-order valence-corrected chi connectivity index (χ4v) is 4.72. The van der Waals surface area contributed by atoms with Crippen molar-refractivity contribution in [3.05, 3.63) is 29.7 Å². The minimum atomic E-state index is -3.78. The van der Waals surface area contributed by atoms with E-state index in [0.717, 1.165) is 25.7 Å². The van der Waals surface area contributed by atoms with Crippen LogP contribution in [-0.2, 0) is 10.0 Å². The van der Waals surface area contributed by atoms with Crippen LogP contribution < -0.4 is 14.2 Å². The Morgan fingerprint density at radius 3 is 2.50 bits per heavy atom. The number of rotatable bonds is 3. The van der Waals surface area contributed by atoms with E-state index in [9.17, 15) is 8.42 Å². The highest BCUT2D eigenvalue weighted by Crippen LogP contribution is 2.47. The molecule has 1 aromatic heterocycles. The number of aryl methyl sites for hydroxylation is 2. The summed E-state index contributed by atoms with van der Waals surface area (Å²) in [5.74, 6) is 0.903. The molecule has 1 spiro atoms. The van der Waals surface area contributed by atoms with Gasteiger partial charge >= 0.3 is 0 Å². The van der Waals surface area contributed by atoms with Crippen LogP contribution in [0.2, 0.25) is 0 Å². The summed E-state index contributed by atoms with van der Waals surface area (Å²) in [6.45, 7) is 3.16. The highest BCUT2D eigenvalue weighted by Gasteiger charge is 2.44. The Labute approximate surface area is 140 Å². The normalized spacial score (nSPS) is 18.2. The van der Waals surface area contributed by atoms with Crippen LogP contribution in [-0.4, -0.2) is 19.4 Å². The number of hydrogen-bond donors (Lipinski definition) is 1. The third-order valence-electron chi connectivity index (χ3n) is 4.39. The zero-order chi connectivity index (χ0) is 16.9. The quantitative estimate of drug-likeness (QED) is 0.914. The van der Waals surface area contributed by atoms with Crippen molar-refractivity contribution in [1.29, 1.82) is 0 Å². The second kappa shape index (κ2) is 5.14. The molecule has 1 saturated carbocycles. The van der Waals surface area contributed by atoms with Crippen LogP contribution >= 0.6 is 0 Å². The highest BCUT2D eigenvalue weighted by atomic mass is 32.2. The Morgan fingerprint density at radius 1 is 1.12 bits per heavy atom. The van der Waals surface area contributed by atoms with E-state index < -0.39 is 15.8 Å². The molecule has 0 amide bonds. The Kier molecular flexibility index (Phi) is 3.28. The molecular formula is C16H18N2O5S. The zero-order valence-corrected chi connectivity index (χ0v) is 14.3. The number of benzene rings is 1. The summed E-state index contributed by atoms with van der Waals surface area (Å²) in [4.78, 5) is 0.0624. The van der Waals surface area contributed by atoms with Gasteiger partial charge in [-0.1, -0.05) is 5.16 Å². The predicted octanol–water partition coefficient (Wildman–Crippen LogP) is 3.13. The fourth-order valence-electron chi connectivity index (χ4n) is 3.34. The molecule has 1 aliphatic heterocycles. The van der Waals surface area contributed by atoms with E-state index in [4.69, 9.17) is 14.0 Å². The number of hydrogen-bond acceptors (Lipinski definition) is 6. The van der Waals surface area contributed by atoms with Crippen molar-refractivity contribution in [1.82, 2.24) is 5.16 Å². The van der Waals surface area contributed by atoms with Gasteiger partial charge in [0.15, 0.2) is 22.2 Å². The van der Waals surface area contributed by atoms with E-state index in [2.05, 4.69) is 9.88 Å². The lowest BCUT2D eigenvalue weighted by atomic mass is 10.2. The predicted molar refractivity (Wildman–Crippen MR) is 85.7 cm³/mol. The Hall–Kier alpha value is -2.22. The monoisotopic (exact) mass is 350 g/mol. The number of nitrogens with one attached hydrogen (secondary N) is 1. The molecule has 24 heavy (non-hydrogen) atoms. The molecule has 0 saturated heterocycles. The van der Waals surface area contributed by atoms with Gasteiger partial charge in [-0.3, -0.25) is 4.72 Å². The maximum absolute atomic E-state index is 12.6. The molecule has 7 nitrogen and oxygen atoms in total. The molecule has 4 rings (SSSR count). The summed E-state index contributed by atoms with van der Waals surface area (Å²) in [5, 5.41) is 3.69. The van der Waals surface area contributed by atoms with Crippen LogP contribution in [0, 0.1) is 13.8 Å². The van der Waals surface area contributed by atoms with E-state index in [-0.39, 0.29) is 10.7 Å². The van der Waals surface area contributed by atoms with E-state index in [1.807, 2.05) is 0 Å². The van der Waals surface area contributed by atoms with Gasteiger partial charge in [-0.15, -0.1) is 0 Å². The third kappa shape index (κ3) is 2.41. The second-order valence-electron chi connectivity index (χ2n) is 6.24. The van der Waals surface area contributed by atoms with E-state index >= 15 is 0 Å². The van der Waals surface area contributed by atoms with Crippen molar-refractivity contribution in [3.63, 3.8) is 0 Å². The molecule has 1 N–H and O–H groups in total. The maximum Gasteiger partial charge on any atom is 0.267 e. The molecule has 8 heteroatoms. The van der Waals surface area contributed by atoms with Crippen LogP contribution in [0.1, 0.15) is 37.1 Å². The number of nitrogens with zero attached hydrogens (tertiary/aromatic N) is 1. The minimum Gasteiger partial charge on any atom is -0.448 e. The highest BCUT2D eigenvalue weighted by molar-refractivity contribution is 7.92. The Morgan fingerprint density at radius 2 is 1.83 bits per heavy atom. The number of aromatic nitrogens is 1. The summed E-state index contributed by atoms with van der Waals surface area (Å²) in [6, 6.07) is 5.04. The average Bonchev–Trinajstić information content (AvgIpc) is 3.18. The van der Waals surface area contributed by atoms with Crippen molar-refractivity contribution in [3.8, 4) is 11.5 Å². The summed E-state index contributed by atoms with van der Waals surface area (Å²) in [5.41, 5.74) is 0.734. The largest absolute Gasteiger partial charge is 0.448 e. The number of anilines is 1. The number of sulfonamides is 1. The van der Waals surface area contributed by atoms with Crippen LogP contribution in [0.15, 0.2) is 27.6 Å². The fraction of sp³-hybridized carbons (Fsp3) is 0.438. The smallest absolute Gasteiger partial charge is 0.267 e. The number of fused-ring (bicyclic) bond motifs is 1. The standard InChI is InChI=1S/C16H18N2O5S/c1-10-15(11(2)23-17-10)24(19,20)18-12-5-6-13-14(9-12)22-16(21-13)7-3-4-8-16/h5-6,9,18H,3-4,7-8H2,1-2H3. The molecular weight excluding hydrogens is 332 g/mol. The molecule has 0 atom stereocenters. The summed E-state index contributed by atoms with van der Waals surface area (Å²) < 4.78 is 44.5. The van der Waals surface area contributed by atoms with Gasteiger partial charge in [0, 0.05) is 18.9 Å². The molecule has 128 valence electrons. The molecule has 0 radical (unpaired) electrons. The van der Waals surface area contributed by atoms with Gasteiger partial charge in [-0.05, 0) is 38.8 Å². The van der Waals surface area contributed by atoms with Crippen molar-refractivity contribution in [2.24, 2.45) is 0 Å². The molecule has 0 unspecified atom stereocenters. The molecule has 1 fully saturated rings. The van der Waals surface area contributed by atoms with Gasteiger partial charge < -0.3 is 14.0 Å². The summed E-state index contributed by atoms with van der Waals surface area (Å²) >= 11 is 0. The molecule has 2 aromatic rings. The van der Waals surface area contributed by atoms with E-state index in [1.165, 1.54) is 0 Å². The van der Waals surface area contributed by atoms with E-state index in [1.54, 1.807) is 32.0 Å². The van der Waals surface area contributed by atoms with Gasteiger partial charge in [-0.2, -0.15) is 0 Å². The summed E-state index contributed by atoms with van der Waals surface area (Å²) in [7, 11) is -3.78. The third-order valence-corrected chi connectivity index (χ3v) is 6.01. The van der Waals surface area contributed by atoms with E-state index in [0.29, 0.717) is 22.9 Å². The molecule has 0 bridgehead atoms. The Bertz CT molecular complexity index is 878. The van der Waals surface area contributed by atoms with Crippen molar-refractivity contribution in [2.45, 2.75) is 50.2 Å².